The van der Waals surface area contributed by atoms with Crippen molar-refractivity contribution >= 4 is 27.7 Å². The molecule has 0 aromatic heterocycles. The third kappa shape index (κ3) is 4.85. The number of benzene rings is 1. The number of carbonyl (C=O) groups excluding carboxylic acids is 1. The number of rotatable bonds is 5. The van der Waals surface area contributed by atoms with Crippen LogP contribution in [0, 0.1) is 0 Å². The fourth-order valence-corrected chi connectivity index (χ4v) is 7.05. The van der Waals surface area contributed by atoms with Crippen LogP contribution in [-0.4, -0.2) is 91.2 Å². The highest BCUT2D eigenvalue weighted by Gasteiger charge is 2.48. The van der Waals surface area contributed by atoms with E-state index in [4.69, 9.17) is 21.4 Å². The third-order valence-electron chi connectivity index (χ3n) is 6.63. The standard InChI is InChI=1S/C21H30ClN3O5S/c22-16-4-7-18(8-5-16)31(28,29)25-17-2-1-3-19(25)20(9-6-17)30-21(27)24-12-10-23(11-13-24)14-15-26/h4-5,7-8,17,19-20,26H,1-3,6,9-15H2/t17?,19?,20-/m0/s1. The molecule has 3 fully saturated rings. The van der Waals surface area contributed by atoms with Gasteiger partial charge in [0, 0.05) is 43.8 Å². The molecule has 0 saturated carbocycles. The number of β-amino-alcohol motifs (C(OH)–C–C–N with tert-alkyl or cyclic N) is 1. The van der Waals surface area contributed by atoms with Crippen molar-refractivity contribution in [1.29, 1.82) is 0 Å². The zero-order chi connectivity index (χ0) is 22.0. The van der Waals surface area contributed by atoms with Gasteiger partial charge in [0.1, 0.15) is 6.10 Å². The van der Waals surface area contributed by atoms with Gasteiger partial charge in [-0.15, -0.1) is 0 Å². The highest BCUT2D eigenvalue weighted by atomic mass is 35.5. The summed E-state index contributed by atoms with van der Waals surface area (Å²) in [6.45, 7) is 3.20. The summed E-state index contributed by atoms with van der Waals surface area (Å²) in [5.41, 5.74) is 0. The Morgan fingerprint density at radius 1 is 1.06 bits per heavy atom. The van der Waals surface area contributed by atoms with Crippen LogP contribution in [0.4, 0.5) is 4.79 Å². The molecule has 1 amide bonds. The first kappa shape index (κ1) is 22.8. The van der Waals surface area contributed by atoms with Crippen molar-refractivity contribution in [1.82, 2.24) is 14.1 Å². The molecule has 2 bridgehead atoms. The summed E-state index contributed by atoms with van der Waals surface area (Å²) < 4.78 is 34.4. The van der Waals surface area contributed by atoms with Crippen LogP contribution in [0.25, 0.3) is 0 Å². The minimum absolute atomic E-state index is 0.0589. The number of hydrogen-bond donors (Lipinski definition) is 1. The van der Waals surface area contributed by atoms with E-state index in [1.54, 1.807) is 21.3 Å². The van der Waals surface area contributed by atoms with E-state index in [-0.39, 0.29) is 29.7 Å². The van der Waals surface area contributed by atoms with Gasteiger partial charge in [-0.05, 0) is 49.9 Å². The zero-order valence-electron chi connectivity index (χ0n) is 17.5. The van der Waals surface area contributed by atoms with E-state index in [0.29, 0.717) is 57.0 Å². The molecule has 0 aliphatic carbocycles. The van der Waals surface area contributed by atoms with Crippen LogP contribution >= 0.6 is 11.6 Å². The van der Waals surface area contributed by atoms with Gasteiger partial charge in [0.05, 0.1) is 17.5 Å². The van der Waals surface area contributed by atoms with Crippen LogP contribution in [0.1, 0.15) is 32.1 Å². The van der Waals surface area contributed by atoms with E-state index in [2.05, 4.69) is 4.90 Å². The third-order valence-corrected chi connectivity index (χ3v) is 8.87. The first-order chi connectivity index (χ1) is 14.9. The van der Waals surface area contributed by atoms with E-state index in [1.807, 2.05) is 0 Å². The summed E-state index contributed by atoms with van der Waals surface area (Å²) in [6, 6.07) is 5.85. The van der Waals surface area contributed by atoms with Crippen molar-refractivity contribution in [2.75, 3.05) is 39.3 Å². The highest BCUT2D eigenvalue weighted by Crippen LogP contribution is 2.39. The second kappa shape index (κ2) is 9.62. The van der Waals surface area contributed by atoms with Gasteiger partial charge >= 0.3 is 6.09 Å². The number of sulfonamides is 1. The molecule has 0 spiro atoms. The van der Waals surface area contributed by atoms with Crippen LogP contribution in [-0.2, 0) is 14.8 Å². The van der Waals surface area contributed by atoms with Gasteiger partial charge in [0.15, 0.2) is 0 Å². The maximum Gasteiger partial charge on any atom is 0.410 e. The second-order valence-electron chi connectivity index (χ2n) is 8.49. The number of aliphatic hydroxyl groups is 1. The Labute approximate surface area is 188 Å². The summed E-state index contributed by atoms with van der Waals surface area (Å²) >= 11 is 5.94. The minimum atomic E-state index is -3.71. The Kier molecular flexibility index (Phi) is 7.07. The average Bonchev–Trinajstić information content (AvgIpc) is 2.76. The Hall–Kier alpha value is -1.39. The molecule has 3 aliphatic heterocycles. The zero-order valence-corrected chi connectivity index (χ0v) is 19.1. The highest BCUT2D eigenvalue weighted by molar-refractivity contribution is 7.89. The first-order valence-electron chi connectivity index (χ1n) is 11.0. The predicted octanol–water partition coefficient (Wildman–Crippen LogP) is 2.16. The maximum absolute atomic E-state index is 13.4. The van der Waals surface area contributed by atoms with Gasteiger partial charge in [-0.3, -0.25) is 4.90 Å². The number of ether oxygens (including phenoxy) is 1. The molecule has 8 nitrogen and oxygen atoms in total. The molecule has 1 aromatic carbocycles. The molecular weight excluding hydrogens is 442 g/mol. The summed E-state index contributed by atoms with van der Waals surface area (Å²) in [7, 11) is -3.71. The van der Waals surface area contributed by atoms with E-state index in [0.717, 1.165) is 12.8 Å². The molecule has 0 radical (unpaired) electrons. The summed E-state index contributed by atoms with van der Waals surface area (Å²) in [4.78, 5) is 16.8. The number of halogens is 1. The van der Waals surface area contributed by atoms with Crippen LogP contribution in [0.5, 0.6) is 0 Å². The smallest absolute Gasteiger partial charge is 0.410 e. The SMILES string of the molecule is O=C(O[C@H]1CCC2CCCC1N2S(=O)(=O)c1ccc(Cl)cc1)N1CCN(CCO)CC1. The van der Waals surface area contributed by atoms with Crippen molar-refractivity contribution in [3.8, 4) is 0 Å². The Bertz CT molecular complexity index is 874. The van der Waals surface area contributed by atoms with Crippen molar-refractivity contribution < 1.29 is 23.1 Å². The lowest BCUT2D eigenvalue weighted by atomic mass is 9.85. The van der Waals surface area contributed by atoms with Gasteiger partial charge in [0.2, 0.25) is 10.0 Å². The van der Waals surface area contributed by atoms with Gasteiger partial charge in [-0.2, -0.15) is 4.31 Å². The van der Waals surface area contributed by atoms with Crippen molar-refractivity contribution in [2.45, 2.75) is 55.2 Å². The summed E-state index contributed by atoms with van der Waals surface area (Å²) in [6.07, 6.45) is 2.99. The monoisotopic (exact) mass is 471 g/mol. The molecule has 1 aromatic rings. The minimum Gasteiger partial charge on any atom is -0.444 e. The second-order valence-corrected chi connectivity index (χ2v) is 10.8. The fraction of sp³-hybridized carbons (Fsp3) is 0.667. The van der Waals surface area contributed by atoms with Crippen molar-refractivity contribution in [3.05, 3.63) is 29.3 Å². The number of piperazine rings is 1. The summed E-state index contributed by atoms with van der Waals surface area (Å²) in [5.74, 6) is 0. The van der Waals surface area contributed by atoms with Crippen LogP contribution < -0.4 is 0 Å². The number of nitrogens with zero attached hydrogens (tertiary/aromatic N) is 3. The molecule has 3 saturated heterocycles. The van der Waals surface area contributed by atoms with Gasteiger partial charge in [-0.25, -0.2) is 13.2 Å². The quantitative estimate of drug-likeness (QED) is 0.707. The van der Waals surface area contributed by atoms with E-state index >= 15 is 0 Å². The molecule has 3 atom stereocenters. The molecule has 3 heterocycles. The van der Waals surface area contributed by atoms with Crippen molar-refractivity contribution in [2.24, 2.45) is 0 Å². The molecule has 2 unspecified atom stereocenters. The van der Waals surface area contributed by atoms with E-state index in [9.17, 15) is 13.2 Å². The average molecular weight is 472 g/mol. The number of piperidine rings is 2. The molecule has 31 heavy (non-hydrogen) atoms. The number of fused-ring (bicyclic) bond motifs is 2. The molecule has 3 aliphatic rings. The van der Waals surface area contributed by atoms with Crippen LogP contribution in [0.2, 0.25) is 5.02 Å². The maximum atomic E-state index is 13.4. The Balaban J connectivity index is 1.46. The predicted molar refractivity (Wildman–Crippen MR) is 117 cm³/mol. The molecule has 172 valence electrons. The van der Waals surface area contributed by atoms with Crippen LogP contribution in [0.3, 0.4) is 0 Å². The topological polar surface area (TPSA) is 90.4 Å². The lowest BCUT2D eigenvalue weighted by Crippen LogP contribution is -2.59. The van der Waals surface area contributed by atoms with E-state index in [1.165, 1.54) is 12.1 Å². The largest absolute Gasteiger partial charge is 0.444 e. The normalized spacial score (nSPS) is 27.8. The number of amides is 1. The lowest BCUT2D eigenvalue weighted by Gasteiger charge is -2.48. The number of carbonyl (C=O) groups is 1. The molecule has 4 rings (SSSR count). The van der Waals surface area contributed by atoms with Gasteiger partial charge in [-0.1, -0.05) is 18.0 Å². The van der Waals surface area contributed by atoms with E-state index < -0.39 is 16.1 Å². The fourth-order valence-electron chi connectivity index (χ4n) is 5.00. The van der Waals surface area contributed by atoms with Crippen molar-refractivity contribution in [3.63, 3.8) is 0 Å². The molecule has 1 N–H and O–H groups in total. The number of aliphatic hydroxyl groups excluding tert-OH is 1. The van der Waals surface area contributed by atoms with Crippen LogP contribution in [0.15, 0.2) is 29.2 Å². The van der Waals surface area contributed by atoms with Gasteiger partial charge in [0.25, 0.3) is 0 Å². The molecule has 10 heteroatoms. The lowest BCUT2D eigenvalue weighted by molar-refractivity contribution is -0.0291. The summed E-state index contributed by atoms with van der Waals surface area (Å²) in [5, 5.41) is 9.56. The van der Waals surface area contributed by atoms with Gasteiger partial charge < -0.3 is 14.7 Å². The molecular formula is C21H30ClN3O5S. The Morgan fingerprint density at radius 2 is 1.77 bits per heavy atom. The number of hydrogen-bond acceptors (Lipinski definition) is 6. The first-order valence-corrected chi connectivity index (χ1v) is 12.8. The Morgan fingerprint density at radius 3 is 2.45 bits per heavy atom.